The fourth-order valence-corrected chi connectivity index (χ4v) is 2.81. The van der Waals surface area contributed by atoms with Crippen molar-refractivity contribution in [2.75, 3.05) is 20.3 Å². The zero-order valence-electron chi connectivity index (χ0n) is 13.4. The van der Waals surface area contributed by atoms with Crippen molar-refractivity contribution >= 4 is 17.0 Å². The summed E-state index contributed by atoms with van der Waals surface area (Å²) in [6.45, 7) is 3.46. The highest BCUT2D eigenvalue weighted by Crippen LogP contribution is 2.35. The molecule has 1 aliphatic rings. The number of imidazole rings is 1. The lowest BCUT2D eigenvalue weighted by Crippen LogP contribution is -2.15. The minimum absolute atomic E-state index is 0.184. The molecule has 4 rings (SSSR count). The quantitative estimate of drug-likeness (QED) is 0.688. The number of aryl methyl sites for hydroxylation is 1. The molecule has 1 aromatic carbocycles. The van der Waals surface area contributed by atoms with E-state index in [1.54, 1.807) is 12.1 Å². The first kappa shape index (κ1) is 14.6. The lowest BCUT2D eigenvalue weighted by Gasteiger charge is -2.18. The van der Waals surface area contributed by atoms with Gasteiger partial charge in [0.1, 0.15) is 24.8 Å². The second-order valence-corrected chi connectivity index (χ2v) is 5.49. The molecule has 0 radical (unpaired) electrons. The van der Waals surface area contributed by atoms with Crippen LogP contribution in [0.25, 0.3) is 11.0 Å². The summed E-state index contributed by atoms with van der Waals surface area (Å²) in [5.41, 5.74) is 1.75. The van der Waals surface area contributed by atoms with E-state index in [2.05, 4.69) is 9.72 Å². The number of furan rings is 1. The minimum Gasteiger partial charge on any atom is -0.486 e. The first-order valence-corrected chi connectivity index (χ1v) is 7.59. The monoisotopic (exact) mass is 328 g/mol. The fraction of sp³-hybridized carbons (Fsp3) is 0.294. The largest absolute Gasteiger partial charge is 0.486 e. The molecule has 0 bridgehead atoms. The van der Waals surface area contributed by atoms with E-state index in [1.807, 2.05) is 23.6 Å². The molecule has 0 spiro atoms. The van der Waals surface area contributed by atoms with Gasteiger partial charge in [0.2, 0.25) is 5.76 Å². The zero-order chi connectivity index (χ0) is 16.7. The molecule has 7 nitrogen and oxygen atoms in total. The maximum Gasteiger partial charge on any atom is 0.373 e. The SMILES string of the molecule is COC(=O)c1ccc(Cn2c(C)nc3cc4c(cc32)OCCO4)o1. The summed E-state index contributed by atoms with van der Waals surface area (Å²) in [6, 6.07) is 7.17. The van der Waals surface area contributed by atoms with Crippen LogP contribution in [0, 0.1) is 6.92 Å². The van der Waals surface area contributed by atoms with Crippen molar-refractivity contribution in [2.45, 2.75) is 13.5 Å². The van der Waals surface area contributed by atoms with Crippen molar-refractivity contribution in [2.24, 2.45) is 0 Å². The number of aromatic nitrogens is 2. The molecule has 1 aliphatic heterocycles. The highest BCUT2D eigenvalue weighted by molar-refractivity contribution is 5.86. The smallest absolute Gasteiger partial charge is 0.373 e. The third kappa shape index (κ3) is 2.38. The Bertz CT molecular complexity index is 925. The molecule has 3 aromatic rings. The predicted octanol–water partition coefficient (Wildman–Crippen LogP) is 2.54. The van der Waals surface area contributed by atoms with Crippen molar-refractivity contribution in [3.63, 3.8) is 0 Å². The van der Waals surface area contributed by atoms with Gasteiger partial charge in [-0.05, 0) is 19.1 Å². The molecule has 24 heavy (non-hydrogen) atoms. The van der Waals surface area contributed by atoms with E-state index < -0.39 is 5.97 Å². The molecule has 0 aliphatic carbocycles. The standard InChI is InChI=1S/C17H16N2O5/c1-10-18-12-7-15-16(23-6-5-22-15)8-13(12)19(10)9-11-3-4-14(24-11)17(20)21-2/h3-4,7-8H,5-6,9H2,1-2H3. The van der Waals surface area contributed by atoms with Gasteiger partial charge in [-0.2, -0.15) is 0 Å². The third-order valence-electron chi connectivity index (χ3n) is 3.97. The number of carbonyl (C=O) groups is 1. The number of methoxy groups -OCH3 is 1. The van der Waals surface area contributed by atoms with Gasteiger partial charge in [0.15, 0.2) is 11.5 Å². The van der Waals surface area contributed by atoms with E-state index in [-0.39, 0.29) is 5.76 Å². The molecular weight excluding hydrogens is 312 g/mol. The fourth-order valence-electron chi connectivity index (χ4n) is 2.81. The van der Waals surface area contributed by atoms with Gasteiger partial charge in [0, 0.05) is 12.1 Å². The average molecular weight is 328 g/mol. The van der Waals surface area contributed by atoms with Crippen LogP contribution in [0.1, 0.15) is 22.1 Å². The van der Waals surface area contributed by atoms with Gasteiger partial charge in [-0.1, -0.05) is 0 Å². The second kappa shape index (κ2) is 5.59. The summed E-state index contributed by atoms with van der Waals surface area (Å²) in [5, 5.41) is 0. The van der Waals surface area contributed by atoms with E-state index in [1.165, 1.54) is 7.11 Å². The van der Waals surface area contributed by atoms with Crippen LogP contribution in [-0.2, 0) is 11.3 Å². The van der Waals surface area contributed by atoms with Crippen LogP contribution in [0.5, 0.6) is 11.5 Å². The Morgan fingerprint density at radius 3 is 2.75 bits per heavy atom. The van der Waals surface area contributed by atoms with Crippen molar-refractivity contribution in [1.29, 1.82) is 0 Å². The lowest BCUT2D eigenvalue weighted by molar-refractivity contribution is 0.0563. The highest BCUT2D eigenvalue weighted by Gasteiger charge is 2.18. The number of esters is 1. The number of rotatable bonds is 3. The first-order valence-electron chi connectivity index (χ1n) is 7.59. The summed E-state index contributed by atoms with van der Waals surface area (Å²) in [4.78, 5) is 16.1. The van der Waals surface area contributed by atoms with E-state index in [0.717, 1.165) is 16.9 Å². The lowest BCUT2D eigenvalue weighted by atomic mass is 10.2. The molecule has 0 N–H and O–H groups in total. The Hall–Kier alpha value is -2.96. The molecular formula is C17H16N2O5. The van der Waals surface area contributed by atoms with Crippen molar-refractivity contribution < 1.29 is 23.4 Å². The van der Waals surface area contributed by atoms with Gasteiger partial charge in [0.05, 0.1) is 24.7 Å². The van der Waals surface area contributed by atoms with E-state index in [4.69, 9.17) is 13.9 Å². The highest BCUT2D eigenvalue weighted by atomic mass is 16.6. The molecule has 0 amide bonds. The normalized spacial score (nSPS) is 13.2. The molecule has 7 heteroatoms. The minimum atomic E-state index is -0.493. The molecule has 0 saturated heterocycles. The number of hydrogen-bond acceptors (Lipinski definition) is 6. The summed E-state index contributed by atoms with van der Waals surface area (Å²) < 4.78 is 23.5. The molecule has 3 heterocycles. The third-order valence-corrected chi connectivity index (χ3v) is 3.97. The van der Waals surface area contributed by atoms with Crippen LogP contribution >= 0.6 is 0 Å². The van der Waals surface area contributed by atoms with E-state index in [9.17, 15) is 4.79 Å². The van der Waals surface area contributed by atoms with Crippen LogP contribution in [0.3, 0.4) is 0 Å². The van der Waals surface area contributed by atoms with Crippen LogP contribution in [-0.4, -0.2) is 35.8 Å². The molecule has 0 atom stereocenters. The maximum atomic E-state index is 11.5. The summed E-state index contributed by atoms with van der Waals surface area (Å²) in [5.74, 6) is 2.60. The molecule has 124 valence electrons. The van der Waals surface area contributed by atoms with Gasteiger partial charge in [-0.15, -0.1) is 0 Å². The molecule has 2 aromatic heterocycles. The zero-order valence-corrected chi connectivity index (χ0v) is 13.4. The van der Waals surface area contributed by atoms with Crippen LogP contribution in [0.4, 0.5) is 0 Å². The molecule has 0 unspecified atom stereocenters. The van der Waals surface area contributed by atoms with Crippen LogP contribution < -0.4 is 9.47 Å². The predicted molar refractivity (Wildman–Crippen MR) is 84.6 cm³/mol. The second-order valence-electron chi connectivity index (χ2n) is 5.49. The number of hydrogen-bond donors (Lipinski definition) is 0. The Balaban J connectivity index is 1.72. The number of carbonyl (C=O) groups excluding carboxylic acids is 1. The van der Waals surface area contributed by atoms with E-state index >= 15 is 0 Å². The van der Waals surface area contributed by atoms with Gasteiger partial charge in [-0.3, -0.25) is 0 Å². The van der Waals surface area contributed by atoms with Gasteiger partial charge in [0.25, 0.3) is 0 Å². The summed E-state index contributed by atoms with van der Waals surface area (Å²) >= 11 is 0. The Morgan fingerprint density at radius 1 is 1.25 bits per heavy atom. The number of ether oxygens (including phenoxy) is 3. The van der Waals surface area contributed by atoms with Crippen molar-refractivity contribution in [3.05, 3.63) is 41.6 Å². The Kier molecular flexibility index (Phi) is 3.41. The summed E-state index contributed by atoms with van der Waals surface area (Å²) in [7, 11) is 1.32. The van der Waals surface area contributed by atoms with Gasteiger partial charge in [-0.25, -0.2) is 9.78 Å². The van der Waals surface area contributed by atoms with Gasteiger partial charge < -0.3 is 23.2 Å². The van der Waals surface area contributed by atoms with Gasteiger partial charge >= 0.3 is 5.97 Å². The average Bonchev–Trinajstić information content (AvgIpc) is 3.18. The van der Waals surface area contributed by atoms with Crippen LogP contribution in [0.2, 0.25) is 0 Å². The number of fused-ring (bicyclic) bond motifs is 2. The first-order chi connectivity index (χ1) is 11.7. The number of nitrogens with zero attached hydrogens (tertiary/aromatic N) is 2. The Morgan fingerprint density at radius 2 is 2.00 bits per heavy atom. The van der Waals surface area contributed by atoms with Crippen molar-refractivity contribution in [3.8, 4) is 11.5 Å². The molecule has 0 saturated carbocycles. The topological polar surface area (TPSA) is 75.7 Å². The Labute approximate surface area is 137 Å². The molecule has 0 fully saturated rings. The maximum absolute atomic E-state index is 11.5. The van der Waals surface area contributed by atoms with E-state index in [0.29, 0.717) is 37.0 Å². The van der Waals surface area contributed by atoms with Crippen molar-refractivity contribution in [1.82, 2.24) is 9.55 Å². The summed E-state index contributed by atoms with van der Waals surface area (Å²) in [6.07, 6.45) is 0. The van der Waals surface area contributed by atoms with Crippen LogP contribution in [0.15, 0.2) is 28.7 Å². The number of benzene rings is 1.